The minimum atomic E-state index is -2.47. The van der Waals surface area contributed by atoms with Crippen molar-refractivity contribution in [2.24, 2.45) is 0 Å². The number of nitrogens with one attached hydrogen (secondary N) is 1. The second-order valence-corrected chi connectivity index (χ2v) is 6.19. The summed E-state index contributed by atoms with van der Waals surface area (Å²) in [5.74, 6) is -5.07. The minimum Gasteiger partial charge on any atom is -0.466 e. The highest BCUT2D eigenvalue weighted by molar-refractivity contribution is 5.93. The smallest absolute Gasteiger partial charge is 0.336 e. The predicted octanol–water partition coefficient (Wildman–Crippen LogP) is 2.63. The van der Waals surface area contributed by atoms with Gasteiger partial charge in [0, 0.05) is 28.8 Å². The molecular formula is C18H16F5NO4. The molecule has 10 heteroatoms. The Hall–Kier alpha value is -2.46. The first kappa shape index (κ1) is 20.3. The number of aliphatic hydroxyl groups is 1. The summed E-state index contributed by atoms with van der Waals surface area (Å²) in [7, 11) is 1.00. The lowest BCUT2D eigenvalue weighted by Gasteiger charge is -2.31. The molecule has 2 heterocycles. The molecule has 3 rings (SSSR count). The van der Waals surface area contributed by atoms with Crippen LogP contribution < -0.4 is 5.32 Å². The molecule has 1 unspecified atom stereocenters. The maximum absolute atomic E-state index is 14.4. The molecule has 0 radical (unpaired) electrons. The zero-order valence-corrected chi connectivity index (χ0v) is 14.6. The lowest BCUT2D eigenvalue weighted by molar-refractivity contribution is -0.136. The molecule has 3 atom stereocenters. The zero-order chi connectivity index (χ0) is 20.6. The number of carbonyl (C=O) groups is 1. The third-order valence-corrected chi connectivity index (χ3v) is 4.65. The number of aliphatic hydroxyl groups excluding tert-OH is 1. The van der Waals surface area contributed by atoms with Gasteiger partial charge in [-0.3, -0.25) is 0 Å². The van der Waals surface area contributed by atoms with E-state index in [0.29, 0.717) is 12.1 Å². The van der Waals surface area contributed by atoms with Gasteiger partial charge in [-0.15, -0.1) is 0 Å². The Morgan fingerprint density at radius 2 is 2.11 bits per heavy atom. The standard InChI is InChI=1S/C18H16F5NO4/c1-27-17(25)15-11(5-20)24-12-6-28-18(26)16(12)14(15)8-2-7(21)3-9(22)13(8)10(23)4-19/h2-3,10,14,18,24,26H,4-6H2,1H3/t10-,14+,18?/m1/s1. The molecule has 1 aromatic rings. The first-order valence-electron chi connectivity index (χ1n) is 8.19. The molecule has 0 bridgehead atoms. The molecule has 2 aliphatic rings. The molecule has 0 aromatic heterocycles. The van der Waals surface area contributed by atoms with Crippen molar-refractivity contribution in [2.75, 3.05) is 27.1 Å². The van der Waals surface area contributed by atoms with Crippen LogP contribution >= 0.6 is 0 Å². The second-order valence-electron chi connectivity index (χ2n) is 6.19. The second kappa shape index (κ2) is 7.88. The van der Waals surface area contributed by atoms with E-state index in [1.165, 1.54) is 0 Å². The number of esters is 1. The predicted molar refractivity (Wildman–Crippen MR) is 86.1 cm³/mol. The maximum atomic E-state index is 14.4. The van der Waals surface area contributed by atoms with Gasteiger partial charge in [0.15, 0.2) is 12.5 Å². The number of dihydropyridines is 1. The van der Waals surface area contributed by atoms with E-state index in [2.05, 4.69) is 10.1 Å². The number of alkyl halides is 3. The van der Waals surface area contributed by atoms with Gasteiger partial charge < -0.3 is 19.9 Å². The molecule has 2 aliphatic heterocycles. The summed E-state index contributed by atoms with van der Waals surface area (Å²) in [6.45, 7) is -3.01. The van der Waals surface area contributed by atoms with Crippen molar-refractivity contribution < 1.29 is 41.3 Å². The Kier molecular flexibility index (Phi) is 5.71. The number of hydrogen-bond acceptors (Lipinski definition) is 5. The van der Waals surface area contributed by atoms with Crippen LogP contribution in [-0.2, 0) is 14.3 Å². The topological polar surface area (TPSA) is 67.8 Å². The highest BCUT2D eigenvalue weighted by Crippen LogP contribution is 2.46. The molecule has 0 aliphatic carbocycles. The van der Waals surface area contributed by atoms with Crippen molar-refractivity contribution in [3.8, 4) is 0 Å². The third-order valence-electron chi connectivity index (χ3n) is 4.65. The average molecular weight is 405 g/mol. The van der Waals surface area contributed by atoms with Gasteiger partial charge >= 0.3 is 5.97 Å². The number of benzene rings is 1. The summed E-state index contributed by atoms with van der Waals surface area (Å²) in [5.41, 5.74) is -1.92. The number of rotatable bonds is 5. The normalized spacial score (nSPS) is 22.8. The zero-order valence-electron chi connectivity index (χ0n) is 14.6. The number of carbonyl (C=O) groups excluding carboxylic acids is 1. The lowest BCUT2D eigenvalue weighted by atomic mass is 9.78. The van der Waals surface area contributed by atoms with Gasteiger partial charge in [0.1, 0.15) is 25.0 Å². The summed E-state index contributed by atoms with van der Waals surface area (Å²) in [4.78, 5) is 12.3. The SMILES string of the molecule is COC(=O)C1=C(CF)NC2=C(C(O)OC2)[C@H]1c1cc(F)cc(F)c1[C@H](F)CF. The summed E-state index contributed by atoms with van der Waals surface area (Å²) in [6, 6.07) is 1.09. The average Bonchev–Trinajstić information content (AvgIpc) is 3.05. The fraction of sp³-hybridized carbons (Fsp3) is 0.389. The molecule has 152 valence electrons. The number of methoxy groups -OCH3 is 1. The number of hydrogen-bond donors (Lipinski definition) is 2. The first-order valence-corrected chi connectivity index (χ1v) is 8.19. The van der Waals surface area contributed by atoms with Gasteiger partial charge in [-0.05, 0) is 11.6 Å². The Morgan fingerprint density at radius 1 is 1.39 bits per heavy atom. The van der Waals surface area contributed by atoms with E-state index in [-0.39, 0.29) is 23.6 Å². The Labute approximate surface area is 156 Å². The molecule has 1 aromatic carbocycles. The molecule has 28 heavy (non-hydrogen) atoms. The monoisotopic (exact) mass is 405 g/mol. The molecule has 2 N–H and O–H groups in total. The molecule has 5 nitrogen and oxygen atoms in total. The molecule has 0 fully saturated rings. The van der Waals surface area contributed by atoms with E-state index in [4.69, 9.17) is 4.74 Å². The fourth-order valence-electron chi connectivity index (χ4n) is 3.52. The van der Waals surface area contributed by atoms with Crippen LogP contribution in [-0.4, -0.2) is 44.4 Å². The van der Waals surface area contributed by atoms with Crippen LogP contribution in [0, 0.1) is 11.6 Å². The summed E-state index contributed by atoms with van der Waals surface area (Å²) in [6.07, 6.45) is -4.09. The fourth-order valence-corrected chi connectivity index (χ4v) is 3.52. The molecule has 0 saturated carbocycles. The van der Waals surface area contributed by atoms with E-state index in [0.717, 1.165) is 7.11 Å². The first-order chi connectivity index (χ1) is 13.3. The quantitative estimate of drug-likeness (QED) is 0.583. The molecule has 0 saturated heterocycles. The van der Waals surface area contributed by atoms with Gasteiger partial charge in [-0.25, -0.2) is 26.7 Å². The van der Waals surface area contributed by atoms with Crippen LogP contribution in [0.4, 0.5) is 22.0 Å². The van der Waals surface area contributed by atoms with Gasteiger partial charge in [0.2, 0.25) is 0 Å². The Balaban J connectivity index is 2.33. The molecule has 0 amide bonds. The molecular weight excluding hydrogens is 389 g/mol. The third kappa shape index (κ3) is 3.26. The lowest BCUT2D eigenvalue weighted by Crippen LogP contribution is -2.33. The number of ether oxygens (including phenoxy) is 2. The van der Waals surface area contributed by atoms with Crippen LogP contribution in [0.2, 0.25) is 0 Å². The summed E-state index contributed by atoms with van der Waals surface area (Å²) >= 11 is 0. The van der Waals surface area contributed by atoms with E-state index in [1.54, 1.807) is 0 Å². The van der Waals surface area contributed by atoms with Crippen LogP contribution in [0.25, 0.3) is 0 Å². The van der Waals surface area contributed by atoms with E-state index in [1.807, 2.05) is 0 Å². The molecule has 0 spiro atoms. The van der Waals surface area contributed by atoms with Crippen molar-refractivity contribution in [3.63, 3.8) is 0 Å². The number of halogens is 5. The van der Waals surface area contributed by atoms with E-state index in [9.17, 15) is 31.9 Å². The largest absolute Gasteiger partial charge is 0.466 e. The summed E-state index contributed by atoms with van der Waals surface area (Å²) in [5, 5.41) is 12.8. The van der Waals surface area contributed by atoms with Crippen molar-refractivity contribution >= 4 is 5.97 Å². The van der Waals surface area contributed by atoms with Gasteiger partial charge in [0.25, 0.3) is 0 Å². The highest BCUT2D eigenvalue weighted by atomic mass is 19.2. The van der Waals surface area contributed by atoms with Crippen molar-refractivity contribution in [1.29, 1.82) is 0 Å². The number of allylic oxidation sites excluding steroid dienone is 1. The van der Waals surface area contributed by atoms with Crippen LogP contribution in [0.3, 0.4) is 0 Å². The van der Waals surface area contributed by atoms with Gasteiger partial charge in [-0.2, -0.15) is 0 Å². The van der Waals surface area contributed by atoms with Crippen LogP contribution in [0.1, 0.15) is 23.2 Å². The van der Waals surface area contributed by atoms with Crippen molar-refractivity contribution in [1.82, 2.24) is 5.32 Å². The van der Waals surface area contributed by atoms with Crippen molar-refractivity contribution in [3.05, 3.63) is 57.4 Å². The summed E-state index contributed by atoms with van der Waals surface area (Å²) < 4.78 is 78.9. The van der Waals surface area contributed by atoms with E-state index < -0.39 is 66.0 Å². The van der Waals surface area contributed by atoms with Crippen LogP contribution in [0.5, 0.6) is 0 Å². The van der Waals surface area contributed by atoms with Crippen molar-refractivity contribution in [2.45, 2.75) is 18.4 Å². The highest BCUT2D eigenvalue weighted by Gasteiger charge is 2.44. The Bertz CT molecular complexity index is 870. The maximum Gasteiger partial charge on any atom is 0.336 e. The Morgan fingerprint density at radius 3 is 2.71 bits per heavy atom. The van der Waals surface area contributed by atoms with Crippen LogP contribution in [0.15, 0.2) is 34.7 Å². The van der Waals surface area contributed by atoms with Gasteiger partial charge in [0.05, 0.1) is 25.0 Å². The minimum absolute atomic E-state index is 0.0603. The van der Waals surface area contributed by atoms with E-state index >= 15 is 0 Å². The van der Waals surface area contributed by atoms with Gasteiger partial charge in [-0.1, -0.05) is 0 Å².